The number of nitrogens with zero attached hydrogens (tertiary/aromatic N) is 4. The summed E-state index contributed by atoms with van der Waals surface area (Å²) >= 11 is 0. The maximum absolute atomic E-state index is 13.0. The van der Waals surface area contributed by atoms with E-state index in [9.17, 15) is 9.90 Å². The third-order valence-corrected chi connectivity index (χ3v) is 5.12. The van der Waals surface area contributed by atoms with Crippen LogP contribution in [0.15, 0.2) is 54.6 Å². The summed E-state index contributed by atoms with van der Waals surface area (Å²) in [4.78, 5) is 19.4. The predicted octanol–water partition coefficient (Wildman–Crippen LogP) is 2.12. The van der Waals surface area contributed by atoms with Crippen molar-refractivity contribution < 1.29 is 9.90 Å². The molecule has 3 aromatic rings. The van der Waals surface area contributed by atoms with Gasteiger partial charge in [-0.3, -0.25) is 4.79 Å². The van der Waals surface area contributed by atoms with Gasteiger partial charge in [0.2, 0.25) is 5.91 Å². The fourth-order valence-corrected chi connectivity index (χ4v) is 3.56. The van der Waals surface area contributed by atoms with Crippen LogP contribution >= 0.6 is 0 Å². The number of hydrogen-bond donors (Lipinski definition) is 2. The van der Waals surface area contributed by atoms with Gasteiger partial charge in [0.15, 0.2) is 5.82 Å². The van der Waals surface area contributed by atoms with Gasteiger partial charge in [0.25, 0.3) is 0 Å². The van der Waals surface area contributed by atoms with Crippen LogP contribution in [-0.2, 0) is 17.8 Å². The zero-order valence-electron chi connectivity index (χ0n) is 15.7. The van der Waals surface area contributed by atoms with Crippen LogP contribution in [-0.4, -0.2) is 43.3 Å². The Bertz CT molecular complexity index is 968. The summed E-state index contributed by atoms with van der Waals surface area (Å²) in [5.41, 5.74) is 8.07. The van der Waals surface area contributed by atoms with Crippen molar-refractivity contribution in [3.8, 4) is 17.1 Å². The van der Waals surface area contributed by atoms with Crippen molar-refractivity contribution in [3.63, 3.8) is 0 Å². The van der Waals surface area contributed by atoms with Crippen molar-refractivity contribution in [2.75, 3.05) is 6.54 Å². The highest BCUT2D eigenvalue weighted by molar-refractivity contribution is 5.82. The molecule has 0 fully saturated rings. The monoisotopic (exact) mass is 377 g/mol. The van der Waals surface area contributed by atoms with Gasteiger partial charge in [0.05, 0.1) is 18.6 Å². The zero-order chi connectivity index (χ0) is 19.7. The lowest BCUT2D eigenvalue weighted by atomic mass is 10.0. The molecule has 1 amide bonds. The van der Waals surface area contributed by atoms with Crippen molar-refractivity contribution in [2.45, 2.75) is 32.0 Å². The average molecular weight is 377 g/mol. The Kier molecular flexibility index (Phi) is 4.83. The molecule has 7 nitrogen and oxygen atoms in total. The predicted molar refractivity (Wildman–Crippen MR) is 105 cm³/mol. The Morgan fingerprint density at radius 3 is 2.61 bits per heavy atom. The van der Waals surface area contributed by atoms with E-state index in [0.717, 1.165) is 17.0 Å². The lowest BCUT2D eigenvalue weighted by molar-refractivity contribution is -0.136. The Labute approximate surface area is 163 Å². The number of hydrogen-bond acceptors (Lipinski definition) is 5. The lowest BCUT2D eigenvalue weighted by Gasteiger charge is -2.34. The minimum Gasteiger partial charge on any atom is -0.508 e. The number of amides is 1. The average Bonchev–Trinajstić information content (AvgIpc) is 3.15. The van der Waals surface area contributed by atoms with Crippen LogP contribution in [0.4, 0.5) is 0 Å². The van der Waals surface area contributed by atoms with Crippen molar-refractivity contribution in [2.24, 2.45) is 5.73 Å². The zero-order valence-corrected chi connectivity index (χ0v) is 15.7. The third-order valence-electron chi connectivity index (χ3n) is 5.12. The smallest absolute Gasteiger partial charge is 0.240 e. The normalized spacial score (nSPS) is 17.2. The largest absolute Gasteiger partial charge is 0.508 e. The summed E-state index contributed by atoms with van der Waals surface area (Å²) in [5, 5.41) is 14.0. The highest BCUT2D eigenvalue weighted by Crippen LogP contribution is 2.27. The second kappa shape index (κ2) is 7.44. The maximum atomic E-state index is 13.0. The molecule has 7 heteroatoms. The molecule has 3 N–H and O–H groups in total. The first kappa shape index (κ1) is 18.2. The van der Waals surface area contributed by atoms with Crippen LogP contribution < -0.4 is 5.73 Å². The summed E-state index contributed by atoms with van der Waals surface area (Å²) < 4.78 is 1.88. The Morgan fingerprint density at radius 1 is 1.18 bits per heavy atom. The van der Waals surface area contributed by atoms with E-state index in [0.29, 0.717) is 25.3 Å². The molecule has 144 valence electrons. The molecule has 4 rings (SSSR count). The van der Waals surface area contributed by atoms with Crippen LogP contribution in [0.1, 0.15) is 24.4 Å². The van der Waals surface area contributed by atoms with Crippen LogP contribution in [0.3, 0.4) is 0 Å². The number of rotatable bonds is 4. The topological polar surface area (TPSA) is 97.3 Å². The van der Waals surface area contributed by atoms with Gasteiger partial charge in [0.1, 0.15) is 11.6 Å². The van der Waals surface area contributed by atoms with Gasteiger partial charge in [-0.1, -0.05) is 42.5 Å². The second-order valence-corrected chi connectivity index (χ2v) is 7.07. The summed E-state index contributed by atoms with van der Waals surface area (Å²) in [7, 11) is 0. The molecule has 1 aliphatic heterocycles. The van der Waals surface area contributed by atoms with Crippen LogP contribution in [0.5, 0.6) is 5.75 Å². The summed E-state index contributed by atoms with van der Waals surface area (Å²) in [6.45, 7) is 3.10. The molecule has 0 aliphatic carbocycles. The quantitative estimate of drug-likeness (QED) is 0.726. The van der Waals surface area contributed by atoms with Crippen molar-refractivity contribution in [1.29, 1.82) is 0 Å². The molecule has 0 spiro atoms. The maximum Gasteiger partial charge on any atom is 0.240 e. The van der Waals surface area contributed by atoms with Gasteiger partial charge in [-0.15, -0.1) is 0 Å². The van der Waals surface area contributed by atoms with Crippen LogP contribution in [0.25, 0.3) is 11.4 Å². The molecule has 0 radical (unpaired) electrons. The Balaban J connectivity index is 1.50. The van der Waals surface area contributed by atoms with E-state index >= 15 is 0 Å². The van der Waals surface area contributed by atoms with E-state index in [1.807, 2.05) is 41.9 Å². The standard InChI is InChI=1S/C21H23N5O2/c1-14-20-23-19(16-5-3-2-4-6-16)24-26(20)12-11-25(14)21(28)18(22)13-15-7-9-17(27)10-8-15/h2-10,14,18,27H,11-13,22H2,1H3/t14-,18-/m0/s1. The number of aromatic hydroxyl groups is 1. The first-order valence-electron chi connectivity index (χ1n) is 9.37. The van der Waals surface area contributed by atoms with Gasteiger partial charge in [-0.2, -0.15) is 5.10 Å². The highest BCUT2D eigenvalue weighted by atomic mass is 16.3. The molecular formula is C21H23N5O2. The van der Waals surface area contributed by atoms with Crippen LogP contribution in [0, 0.1) is 0 Å². The Hall–Kier alpha value is -3.19. The van der Waals surface area contributed by atoms with Gasteiger partial charge >= 0.3 is 0 Å². The number of carbonyl (C=O) groups excluding carboxylic acids is 1. The van der Waals surface area contributed by atoms with E-state index in [4.69, 9.17) is 5.73 Å². The molecular weight excluding hydrogens is 354 g/mol. The third kappa shape index (κ3) is 3.48. The van der Waals surface area contributed by atoms with Gasteiger partial charge in [-0.25, -0.2) is 9.67 Å². The number of aromatic nitrogens is 3. The highest BCUT2D eigenvalue weighted by Gasteiger charge is 2.33. The molecule has 0 saturated heterocycles. The molecule has 1 aliphatic rings. The number of nitrogens with two attached hydrogens (primary N) is 1. The lowest BCUT2D eigenvalue weighted by Crippen LogP contribution is -2.49. The first-order valence-corrected chi connectivity index (χ1v) is 9.37. The molecule has 28 heavy (non-hydrogen) atoms. The Morgan fingerprint density at radius 2 is 1.89 bits per heavy atom. The number of carbonyl (C=O) groups is 1. The SMILES string of the molecule is C[C@H]1c2nc(-c3ccccc3)nn2CCN1C(=O)[C@@H](N)Cc1ccc(O)cc1. The van der Waals surface area contributed by atoms with E-state index < -0.39 is 6.04 Å². The summed E-state index contributed by atoms with van der Waals surface area (Å²) in [6.07, 6.45) is 0.421. The summed E-state index contributed by atoms with van der Waals surface area (Å²) in [6, 6.07) is 15.7. The number of benzene rings is 2. The number of phenols is 1. The molecule has 2 heterocycles. The van der Waals surface area contributed by atoms with E-state index in [2.05, 4.69) is 10.1 Å². The van der Waals surface area contributed by atoms with E-state index in [1.165, 1.54) is 0 Å². The van der Waals surface area contributed by atoms with Gasteiger partial charge in [0, 0.05) is 12.1 Å². The van der Waals surface area contributed by atoms with Crippen LogP contribution in [0.2, 0.25) is 0 Å². The van der Waals surface area contributed by atoms with Crippen molar-refractivity contribution in [3.05, 3.63) is 66.0 Å². The summed E-state index contributed by atoms with van der Waals surface area (Å²) in [5.74, 6) is 1.54. The number of fused-ring (bicyclic) bond motifs is 1. The second-order valence-electron chi connectivity index (χ2n) is 7.07. The fraction of sp³-hybridized carbons (Fsp3) is 0.286. The molecule has 2 atom stereocenters. The minimum absolute atomic E-state index is 0.101. The van der Waals surface area contributed by atoms with Crippen molar-refractivity contribution >= 4 is 5.91 Å². The van der Waals surface area contributed by atoms with Crippen molar-refractivity contribution in [1.82, 2.24) is 19.7 Å². The van der Waals surface area contributed by atoms with E-state index in [1.54, 1.807) is 29.2 Å². The van der Waals surface area contributed by atoms with E-state index in [-0.39, 0.29) is 17.7 Å². The fourth-order valence-electron chi connectivity index (χ4n) is 3.56. The number of phenolic OH excluding ortho intramolecular Hbond substituents is 1. The van der Waals surface area contributed by atoms with Gasteiger partial charge in [-0.05, 0) is 31.0 Å². The molecule has 0 bridgehead atoms. The molecule has 1 aromatic heterocycles. The first-order chi connectivity index (χ1) is 13.5. The molecule has 0 unspecified atom stereocenters. The molecule has 2 aromatic carbocycles. The minimum atomic E-state index is -0.643. The molecule has 0 saturated carbocycles. The van der Waals surface area contributed by atoms with Gasteiger partial charge < -0.3 is 15.7 Å².